The number of H-pyrrole nitrogens is 1. The van der Waals surface area contributed by atoms with Gasteiger partial charge in [0, 0.05) is 43.4 Å². The van der Waals surface area contributed by atoms with Crippen LogP contribution in [0.4, 0.5) is 0 Å². The monoisotopic (exact) mass is 1610 g/mol. The third-order valence-electron chi connectivity index (χ3n) is 18.0. The molecule has 3 rings (SSSR count). The van der Waals surface area contributed by atoms with Gasteiger partial charge in [-0.3, -0.25) is 86.3 Å². The maximum absolute atomic E-state index is 14.9. The number of unbranched alkanes of at least 4 members (excludes halogenated alkanes) is 4. The van der Waals surface area contributed by atoms with Crippen LogP contribution in [-0.4, -0.2) is 259 Å². The first-order chi connectivity index (χ1) is 53.4. The zero-order valence-corrected chi connectivity index (χ0v) is 64.5. The van der Waals surface area contributed by atoms with E-state index in [1.165, 1.54) is 13.8 Å². The molecule has 0 bridgehead atoms. The van der Waals surface area contributed by atoms with Gasteiger partial charge in [0.2, 0.25) is 88.6 Å². The van der Waals surface area contributed by atoms with E-state index in [1.807, 2.05) is 16.0 Å². The molecule has 24 N–H and O–H groups in total. The maximum atomic E-state index is 14.9. The number of benzene rings is 1. The van der Waals surface area contributed by atoms with Crippen LogP contribution in [0.15, 0.2) is 30.5 Å². The Morgan fingerprint density at radius 2 is 1.18 bits per heavy atom. The van der Waals surface area contributed by atoms with Gasteiger partial charge in [0.1, 0.15) is 72.6 Å². The molecule has 1 saturated heterocycles. The van der Waals surface area contributed by atoms with Crippen molar-refractivity contribution in [3.63, 3.8) is 0 Å². The number of primary amides is 2. The summed E-state index contributed by atoms with van der Waals surface area (Å²) >= 11 is 0. The first-order valence-electron chi connectivity index (χ1n) is 36.9. The van der Waals surface area contributed by atoms with E-state index < -0.39 is 267 Å². The Balaban J connectivity index is 2.25. The van der Waals surface area contributed by atoms with Crippen molar-refractivity contribution < 1.29 is 126 Å². The minimum atomic E-state index is -2.83. The molecular weight excluding hydrogens is 1510 g/mol. The molecule has 1 aliphatic heterocycles. The Kier molecular flexibility index (Phi) is 40.1. The number of likely N-dealkylation sites (N-methyl/N-ethyl adjacent to an activating group) is 1. The van der Waals surface area contributed by atoms with E-state index >= 15 is 0 Å². The van der Waals surface area contributed by atoms with Gasteiger partial charge in [-0.05, 0) is 81.9 Å². The van der Waals surface area contributed by atoms with Gasteiger partial charge >= 0.3 is 29.8 Å². The summed E-state index contributed by atoms with van der Waals surface area (Å²) in [6.45, 7) is 7.58. The fourth-order valence-corrected chi connectivity index (χ4v) is 11.7. The highest BCUT2D eigenvalue weighted by molar-refractivity contribution is 6.02. The molecule has 14 atom stereocenters. The summed E-state index contributed by atoms with van der Waals surface area (Å²) < 4.78 is 5.74. The fraction of sp³-hybridized carbons (Fsp3) is 0.606. The van der Waals surface area contributed by atoms with Crippen molar-refractivity contribution in [3.05, 3.63) is 36.0 Å². The van der Waals surface area contributed by atoms with E-state index in [1.54, 1.807) is 30.5 Å². The number of cyclic esters (lactones) is 1. The minimum absolute atomic E-state index is 0.00100. The predicted molar refractivity (Wildman–Crippen MR) is 397 cm³/mol. The van der Waals surface area contributed by atoms with Crippen LogP contribution in [0.25, 0.3) is 10.9 Å². The number of fused-ring (bicyclic) bond motifs is 1. The number of ether oxygens (including phenoxy) is 1. The predicted octanol–water partition coefficient (Wildman–Crippen LogP) is -5.99. The lowest BCUT2D eigenvalue weighted by molar-refractivity contribution is -0.159. The highest BCUT2D eigenvalue weighted by Gasteiger charge is 2.42. The molecule has 2 aromatic rings. The quantitative estimate of drug-likeness (QED) is 0.0226. The summed E-state index contributed by atoms with van der Waals surface area (Å²) in [6, 6.07) is -15.1. The normalized spacial score (nSPS) is 21.8. The largest absolute Gasteiger partial charge is 0.481 e. The number of hydrogen-bond donors (Lipinski definition) is 21. The summed E-state index contributed by atoms with van der Waals surface area (Å²) in [7, 11) is 0.931. The number of carboxylic acid groups (broad SMARTS) is 4. The molecule has 43 nitrogen and oxygen atoms in total. The van der Waals surface area contributed by atoms with Crippen LogP contribution in [-0.2, 0) is 107 Å². The Hall–Kier alpha value is -11.9. The molecule has 0 spiro atoms. The van der Waals surface area contributed by atoms with Crippen LogP contribution in [0, 0.1) is 17.8 Å². The zero-order valence-electron chi connectivity index (χ0n) is 64.5. The van der Waals surface area contributed by atoms with Gasteiger partial charge in [0.05, 0.1) is 38.8 Å². The molecule has 1 aliphatic rings. The number of carboxylic acids is 4. The smallest absolute Gasteiger partial charge is 0.335 e. The van der Waals surface area contributed by atoms with Crippen LogP contribution < -0.4 is 81.0 Å². The van der Waals surface area contributed by atoms with Crippen LogP contribution in [0.1, 0.15) is 150 Å². The van der Waals surface area contributed by atoms with Crippen molar-refractivity contribution in [1.29, 1.82) is 0 Å². The number of esters is 1. The van der Waals surface area contributed by atoms with Crippen LogP contribution in [0.3, 0.4) is 0 Å². The molecule has 632 valence electrons. The number of carbonyl (C=O) groups excluding carboxylic acids is 16. The van der Waals surface area contributed by atoms with E-state index in [2.05, 4.69) is 66.7 Å². The summed E-state index contributed by atoms with van der Waals surface area (Å²) in [5, 5.41) is 77.1. The van der Waals surface area contributed by atoms with E-state index in [4.69, 9.17) is 21.9 Å². The fourth-order valence-electron chi connectivity index (χ4n) is 11.7. The molecule has 1 fully saturated rings. The second-order valence-electron chi connectivity index (χ2n) is 28.4. The highest BCUT2D eigenvalue weighted by atomic mass is 16.5. The number of para-hydroxylation sites is 1. The van der Waals surface area contributed by atoms with Crippen molar-refractivity contribution in [2.45, 2.75) is 230 Å². The second kappa shape index (κ2) is 47.4. The van der Waals surface area contributed by atoms with Gasteiger partial charge in [-0.25, -0.2) is 9.59 Å². The lowest BCUT2D eigenvalue weighted by Crippen LogP contribution is -2.62. The molecule has 0 radical (unpaired) electrons. The SMILES string of the molecule is CC(C)CCCCCCC(=O)NC(Cc1c[nH]c2ccccc12)C(=O)NC(CCC(=O)O)C(=O)NC(CC(N)=O)C(=O)NC1C(=O)N(C)CC(=O)NC(C)C(=O)NC(CC(=O)O)C(=O)NC(CCCCN)C(=O)NC(C(O)C(=O)O)C(=O)NCC(=O)NC(CC(N)=O)C(=O)NC(C(C)CC(=O)O)C(=O)NC(C(C)C)C(=O)OC1C. The summed E-state index contributed by atoms with van der Waals surface area (Å²) in [4.78, 5) is 276. The number of carbonyl (C=O) groups is 20. The number of aromatic nitrogens is 1. The Morgan fingerprint density at radius 3 is 1.78 bits per heavy atom. The molecule has 43 heteroatoms. The summed E-state index contributed by atoms with van der Waals surface area (Å²) in [5.74, 6) is -30.0. The maximum Gasteiger partial charge on any atom is 0.335 e. The first-order valence-corrected chi connectivity index (χ1v) is 36.9. The van der Waals surface area contributed by atoms with E-state index in [0.29, 0.717) is 40.1 Å². The van der Waals surface area contributed by atoms with Crippen molar-refractivity contribution in [2.24, 2.45) is 35.0 Å². The van der Waals surface area contributed by atoms with E-state index in [-0.39, 0.29) is 32.2 Å². The standard InChI is InChI=1S/C71H107N17O26/c1-33(2)17-11-9-10-12-21-49(91)78-43(26-38-30-75-40-19-14-13-18-39(38)40)63(104)81-42(22-23-52(94)95)61(102)83-45(28-48(74)90)66(107)86-57-37(7)114-71(113)55(34(3)4)84-68(109)56(35(5)25-53(96)97)85-65(106)44(27-47(73)89)79-50(92)31-76-67(108)58(59(100)70(111)112)87-62(103)41(20-15-16-24-72)80-64(105)46(29-54(98)99)82-60(101)36(6)77-51(93)32-88(8)69(57)110/h13-14,18-19,30,33-37,41-46,55-59,75,100H,9-12,15-17,20-29,31-32,72H2,1-8H3,(H2,73,89)(H2,74,90)(H,76,108)(H,77,93)(H,78,91)(H,79,92)(H,80,105)(H,81,104)(H,82,101)(H,83,102)(H,84,109)(H,85,106)(H,86,107)(H,87,103)(H,94,95)(H,96,97)(H,98,99)(H,111,112). The summed E-state index contributed by atoms with van der Waals surface area (Å²) in [6.07, 6.45) is -5.69. The molecular formula is C71H107N17O26. The van der Waals surface area contributed by atoms with Crippen LogP contribution in [0.2, 0.25) is 0 Å². The van der Waals surface area contributed by atoms with Gasteiger partial charge in [-0.15, -0.1) is 0 Å². The van der Waals surface area contributed by atoms with Gasteiger partial charge in [0.15, 0.2) is 6.10 Å². The molecule has 14 unspecified atom stereocenters. The number of aromatic amines is 1. The molecule has 1 aromatic carbocycles. The second-order valence-corrected chi connectivity index (χ2v) is 28.4. The molecule has 15 amide bonds. The van der Waals surface area contributed by atoms with Crippen LogP contribution in [0.5, 0.6) is 0 Å². The third kappa shape index (κ3) is 33.2. The van der Waals surface area contributed by atoms with Crippen molar-refractivity contribution in [3.8, 4) is 0 Å². The van der Waals surface area contributed by atoms with E-state index in [0.717, 1.165) is 47.1 Å². The molecule has 114 heavy (non-hydrogen) atoms. The summed E-state index contributed by atoms with van der Waals surface area (Å²) in [5.41, 5.74) is 17.9. The lowest BCUT2D eigenvalue weighted by atomic mass is 9.95. The first kappa shape index (κ1) is 96.3. The van der Waals surface area contributed by atoms with Gasteiger partial charge < -0.3 is 121 Å². The minimum Gasteiger partial charge on any atom is -0.481 e. The molecule has 1 aromatic heterocycles. The Bertz CT molecular complexity index is 3810. The number of rotatable bonds is 35. The van der Waals surface area contributed by atoms with Crippen molar-refractivity contribution >= 4 is 129 Å². The van der Waals surface area contributed by atoms with Gasteiger partial charge in [-0.2, -0.15) is 0 Å². The van der Waals surface area contributed by atoms with Crippen LogP contribution >= 0.6 is 0 Å². The Morgan fingerprint density at radius 1 is 0.579 bits per heavy atom. The van der Waals surface area contributed by atoms with Gasteiger partial charge in [0.25, 0.3) is 0 Å². The lowest BCUT2D eigenvalue weighted by Gasteiger charge is -2.32. The average Bonchev–Trinajstić information content (AvgIpc) is 1.51. The molecule has 2 heterocycles. The number of aliphatic hydroxyl groups is 1. The number of aliphatic hydroxyl groups excluding tert-OH is 1. The number of aliphatic carboxylic acids is 4. The topological polar surface area (TPSA) is 693 Å². The highest BCUT2D eigenvalue weighted by Crippen LogP contribution is 2.21. The third-order valence-corrected chi connectivity index (χ3v) is 18.0. The molecule has 0 saturated carbocycles. The average molecular weight is 1610 g/mol. The zero-order chi connectivity index (χ0) is 86.0. The molecule has 0 aliphatic carbocycles. The Labute approximate surface area is 654 Å². The van der Waals surface area contributed by atoms with Crippen molar-refractivity contribution in [2.75, 3.05) is 26.7 Å². The number of amides is 15. The number of nitrogens with two attached hydrogens (primary N) is 3. The van der Waals surface area contributed by atoms with Crippen molar-refractivity contribution in [1.82, 2.24) is 73.7 Å². The number of nitrogens with zero attached hydrogens (tertiary/aromatic N) is 1. The van der Waals surface area contributed by atoms with E-state index in [9.17, 15) is 121 Å². The van der Waals surface area contributed by atoms with Gasteiger partial charge in [-0.1, -0.05) is 78.5 Å². The number of nitrogens with one attached hydrogen (secondary N) is 13. The number of hydrogen-bond acceptors (Lipinski definition) is 23.